The van der Waals surface area contributed by atoms with Gasteiger partial charge in [0.25, 0.3) is 0 Å². The molecule has 0 amide bonds. The van der Waals surface area contributed by atoms with Crippen LogP contribution in [0.4, 0.5) is 0 Å². The molecule has 0 radical (unpaired) electrons. The molecule has 3 aliphatic heterocycles. The molecule has 16 atom stereocenters. The molecule has 0 aromatic rings. The number of allylic oxidation sites excluding steroid dienone is 3. The Hall–Kier alpha value is -2.04. The van der Waals surface area contributed by atoms with Gasteiger partial charge >= 0.3 is 5.97 Å². The molecule has 4 N–H and O–H groups in total. The number of hydrogen-bond donors (Lipinski definition) is 4. The molecule has 3 heterocycles. The maximum atomic E-state index is 13.1. The van der Waals surface area contributed by atoms with E-state index in [0.717, 1.165) is 0 Å². The van der Waals surface area contributed by atoms with Crippen LogP contribution in [0.3, 0.4) is 0 Å². The minimum atomic E-state index is -1.84. The zero-order chi connectivity index (χ0) is 36.6. The van der Waals surface area contributed by atoms with Crippen LogP contribution in [-0.4, -0.2) is 126 Å². The molecule has 2 saturated heterocycles. The summed E-state index contributed by atoms with van der Waals surface area (Å²) in [6.07, 6.45) is 0.362. The Morgan fingerprint density at radius 2 is 1.57 bits per heavy atom. The van der Waals surface area contributed by atoms with Crippen molar-refractivity contribution in [3.8, 4) is 0 Å². The summed E-state index contributed by atoms with van der Waals surface area (Å²) in [6.45, 7) is 12.2. The second kappa shape index (κ2) is 18.5. The van der Waals surface area contributed by atoms with Crippen LogP contribution >= 0.6 is 0 Å². The van der Waals surface area contributed by atoms with Gasteiger partial charge in [-0.1, -0.05) is 45.1 Å². The number of ketones is 1. The van der Waals surface area contributed by atoms with E-state index in [1.165, 1.54) is 33.3 Å². The number of hydrogen-bond acceptors (Lipinski definition) is 13. The molecule has 3 aliphatic rings. The summed E-state index contributed by atoms with van der Waals surface area (Å²) in [6, 6.07) is 0. The molecule has 0 saturated carbocycles. The first-order chi connectivity index (χ1) is 23.0. The van der Waals surface area contributed by atoms with Crippen molar-refractivity contribution < 1.29 is 63.2 Å². The summed E-state index contributed by atoms with van der Waals surface area (Å²) in [5.41, 5.74) is -1.84. The second-order valence-electron chi connectivity index (χ2n) is 14.0. The van der Waals surface area contributed by atoms with E-state index in [1.54, 1.807) is 45.1 Å². The van der Waals surface area contributed by atoms with Crippen molar-refractivity contribution in [2.24, 2.45) is 23.7 Å². The molecule has 280 valence electrons. The molecule has 0 spiro atoms. The van der Waals surface area contributed by atoms with Crippen LogP contribution in [0.1, 0.15) is 61.3 Å². The molecule has 0 aromatic carbocycles. The van der Waals surface area contributed by atoms with Crippen molar-refractivity contribution in [3.05, 3.63) is 36.5 Å². The van der Waals surface area contributed by atoms with Crippen LogP contribution in [0.2, 0.25) is 0 Å². The number of carbonyl (C=O) groups is 2. The summed E-state index contributed by atoms with van der Waals surface area (Å²) in [7, 11) is 2.95. The highest BCUT2D eigenvalue weighted by molar-refractivity contribution is 5.91. The first-order valence-corrected chi connectivity index (χ1v) is 17.2. The third kappa shape index (κ3) is 10.5. The first kappa shape index (κ1) is 41.4. The first-order valence-electron chi connectivity index (χ1n) is 17.2. The van der Waals surface area contributed by atoms with Crippen LogP contribution in [0.5, 0.6) is 0 Å². The number of ether oxygens (including phenoxy) is 7. The Labute approximate surface area is 290 Å². The number of aliphatic hydroxyl groups is 4. The standard InChI is InChI=1S/C36H58O13/c1-19-14-15-28(39)47-23(5)26(18-45-34-32(44-9)31(43-8)29(40)24(6)48-34)12-10-11-13-27(38)20(2)16-21(3)30(19)49-35-33(41)36(42,25(7)37)17-22(4)46-35/h10-15,19-26,29-35,37,40-42H,16-18H2,1-9H3/t19?,20-,21+,22?,23-,24-,25+,26?,29-,30-,31-,32-,33+,34-,35?,36+/m1/s1. The third-order valence-electron chi connectivity index (χ3n) is 9.98. The largest absolute Gasteiger partial charge is 0.459 e. The van der Waals surface area contributed by atoms with E-state index in [0.29, 0.717) is 6.42 Å². The smallest absolute Gasteiger partial charge is 0.330 e. The molecular formula is C36H58O13. The summed E-state index contributed by atoms with van der Waals surface area (Å²) in [5, 5.41) is 42.9. The number of aliphatic hydroxyl groups excluding tert-OH is 3. The summed E-state index contributed by atoms with van der Waals surface area (Å²) in [4.78, 5) is 26.2. The Morgan fingerprint density at radius 1 is 0.898 bits per heavy atom. The highest BCUT2D eigenvalue weighted by atomic mass is 16.7. The van der Waals surface area contributed by atoms with Crippen molar-refractivity contribution in [1.29, 1.82) is 0 Å². The van der Waals surface area contributed by atoms with Crippen molar-refractivity contribution in [1.82, 2.24) is 0 Å². The molecule has 0 aromatic heterocycles. The highest BCUT2D eigenvalue weighted by Gasteiger charge is 2.52. The molecule has 13 nitrogen and oxygen atoms in total. The summed E-state index contributed by atoms with van der Waals surface area (Å²) in [5.74, 6) is -2.21. The van der Waals surface area contributed by atoms with Gasteiger partial charge in [-0.15, -0.1) is 0 Å². The molecule has 49 heavy (non-hydrogen) atoms. The lowest BCUT2D eigenvalue weighted by Crippen LogP contribution is -2.63. The average molecular weight is 699 g/mol. The van der Waals surface area contributed by atoms with Gasteiger partial charge in [0.1, 0.15) is 36.1 Å². The number of methoxy groups -OCH3 is 2. The van der Waals surface area contributed by atoms with Gasteiger partial charge in [0, 0.05) is 44.5 Å². The van der Waals surface area contributed by atoms with Crippen LogP contribution in [0, 0.1) is 23.7 Å². The van der Waals surface area contributed by atoms with Gasteiger partial charge in [-0.3, -0.25) is 4.79 Å². The van der Waals surface area contributed by atoms with E-state index >= 15 is 0 Å². The fraction of sp³-hybridized carbons (Fsp3) is 0.778. The summed E-state index contributed by atoms with van der Waals surface area (Å²) >= 11 is 0. The van der Waals surface area contributed by atoms with Gasteiger partial charge in [0.15, 0.2) is 18.4 Å². The highest BCUT2D eigenvalue weighted by Crippen LogP contribution is 2.36. The predicted octanol–water partition coefficient (Wildman–Crippen LogP) is 2.23. The second-order valence-corrected chi connectivity index (χ2v) is 14.0. The van der Waals surface area contributed by atoms with Crippen molar-refractivity contribution in [3.63, 3.8) is 0 Å². The Balaban J connectivity index is 1.83. The maximum absolute atomic E-state index is 13.1. The van der Waals surface area contributed by atoms with Gasteiger partial charge in [-0.25, -0.2) is 4.79 Å². The normalized spacial score (nSPS) is 43.7. The van der Waals surface area contributed by atoms with Crippen LogP contribution < -0.4 is 0 Å². The van der Waals surface area contributed by atoms with E-state index in [2.05, 4.69) is 0 Å². The monoisotopic (exact) mass is 698 g/mol. The number of cyclic esters (lactones) is 1. The van der Waals surface area contributed by atoms with E-state index < -0.39 is 90.9 Å². The molecule has 0 bridgehead atoms. The minimum Gasteiger partial charge on any atom is -0.459 e. The molecule has 0 aliphatic carbocycles. The lowest BCUT2D eigenvalue weighted by molar-refractivity contribution is -0.322. The Bertz CT molecular complexity index is 1160. The third-order valence-corrected chi connectivity index (χ3v) is 9.98. The van der Waals surface area contributed by atoms with E-state index in [4.69, 9.17) is 33.2 Å². The summed E-state index contributed by atoms with van der Waals surface area (Å²) < 4.78 is 41.0. The van der Waals surface area contributed by atoms with Gasteiger partial charge in [0.2, 0.25) is 0 Å². The van der Waals surface area contributed by atoms with Crippen molar-refractivity contribution in [2.45, 2.75) is 134 Å². The van der Waals surface area contributed by atoms with Crippen LogP contribution in [-0.2, 0) is 42.7 Å². The quantitative estimate of drug-likeness (QED) is 0.272. The molecule has 4 unspecified atom stereocenters. The molecule has 3 rings (SSSR count). The fourth-order valence-corrected chi connectivity index (χ4v) is 6.80. The Kier molecular flexibility index (Phi) is 15.6. The van der Waals surface area contributed by atoms with Gasteiger partial charge < -0.3 is 53.6 Å². The van der Waals surface area contributed by atoms with E-state index in [1.807, 2.05) is 20.8 Å². The van der Waals surface area contributed by atoms with Crippen LogP contribution in [0.25, 0.3) is 0 Å². The minimum absolute atomic E-state index is 0.0142. The van der Waals surface area contributed by atoms with E-state index in [-0.39, 0.29) is 30.6 Å². The topological polar surface area (TPSA) is 180 Å². The SMILES string of the molecule is CO[C@@H]1[C@H](O)[C@@H](C)O[C@@H](OCC2C=CC=CC(=O)[C@H](C)C[C@H](C)[C@H](OC3OC(C)C[C@](O)([C@H](C)O)[C@H]3O)C(C)C=CC(=O)O[C@@H]2C)[C@@H]1OC. The van der Waals surface area contributed by atoms with Crippen LogP contribution in [0.15, 0.2) is 36.5 Å². The lowest BCUT2D eigenvalue weighted by atomic mass is 9.82. The zero-order valence-electron chi connectivity index (χ0n) is 30.2. The zero-order valence-corrected chi connectivity index (χ0v) is 30.2. The molecule has 2 fully saturated rings. The van der Waals surface area contributed by atoms with Gasteiger partial charge in [-0.05, 0) is 46.1 Å². The number of carbonyl (C=O) groups excluding carboxylic acids is 2. The van der Waals surface area contributed by atoms with Crippen molar-refractivity contribution in [2.75, 3.05) is 20.8 Å². The maximum Gasteiger partial charge on any atom is 0.330 e. The van der Waals surface area contributed by atoms with Crippen molar-refractivity contribution >= 4 is 11.8 Å². The Morgan fingerprint density at radius 3 is 2.20 bits per heavy atom. The molecular weight excluding hydrogens is 640 g/mol. The predicted molar refractivity (Wildman–Crippen MR) is 178 cm³/mol. The van der Waals surface area contributed by atoms with E-state index in [9.17, 15) is 30.0 Å². The number of rotatable bonds is 8. The van der Waals surface area contributed by atoms with Gasteiger partial charge in [-0.2, -0.15) is 0 Å². The molecule has 13 heteroatoms. The van der Waals surface area contributed by atoms with Gasteiger partial charge in [0.05, 0.1) is 31.0 Å². The number of esters is 1. The fourth-order valence-electron chi connectivity index (χ4n) is 6.80. The average Bonchev–Trinajstić information content (AvgIpc) is 3.04. The lowest BCUT2D eigenvalue weighted by Gasteiger charge is -2.47.